The van der Waals surface area contributed by atoms with Crippen molar-refractivity contribution < 1.29 is 56.7 Å². The maximum Gasteiger partial charge on any atom is 0.280 e. The normalized spacial score (nSPS) is 39.8. The number of rotatable bonds is 2. The summed E-state index contributed by atoms with van der Waals surface area (Å²) in [4.78, 5) is 52.5. The number of nitrogens with two attached hydrogens (primary N) is 2. The molecule has 0 amide bonds. The third kappa shape index (κ3) is 5.44. The Morgan fingerprint density at radius 3 is 2.13 bits per heavy atom. The van der Waals surface area contributed by atoms with Gasteiger partial charge in [0, 0.05) is 0 Å². The summed E-state index contributed by atoms with van der Waals surface area (Å²) < 4.78 is 60.3. The summed E-state index contributed by atoms with van der Waals surface area (Å²) in [5.41, 5.74) is 11.2. The predicted molar refractivity (Wildman–Crippen MR) is 145 cm³/mol. The van der Waals surface area contributed by atoms with E-state index in [0.717, 1.165) is 10.9 Å². The second-order valence-electron chi connectivity index (χ2n) is 10.6. The van der Waals surface area contributed by atoms with Gasteiger partial charge >= 0.3 is 0 Å². The van der Waals surface area contributed by atoms with E-state index in [2.05, 4.69) is 37.1 Å². The smallest absolute Gasteiger partial charge is 0.280 e. The Kier molecular flexibility index (Phi) is 7.60. The van der Waals surface area contributed by atoms with Gasteiger partial charge in [-0.25, -0.2) is 9.97 Å². The van der Waals surface area contributed by atoms with Gasteiger partial charge in [0.05, 0.1) is 31.6 Å². The van der Waals surface area contributed by atoms with E-state index >= 15 is 0 Å². The average molecular weight is 688 g/mol. The van der Waals surface area contributed by atoms with Crippen LogP contribution in [0.1, 0.15) is 18.1 Å². The number of phosphoric acid groups is 2. The van der Waals surface area contributed by atoms with Gasteiger partial charge in [-0.05, 0) is 0 Å². The fourth-order valence-corrected chi connectivity index (χ4v) is 7.50. The summed E-state index contributed by atoms with van der Waals surface area (Å²) >= 11 is 0. The van der Waals surface area contributed by atoms with E-state index in [4.69, 9.17) is 39.0 Å². The van der Waals surface area contributed by atoms with Gasteiger partial charge in [-0.2, -0.15) is 4.98 Å². The Labute approximate surface area is 256 Å². The second kappa shape index (κ2) is 11.2. The van der Waals surface area contributed by atoms with E-state index in [1.54, 1.807) is 0 Å². The fourth-order valence-electron chi connectivity index (χ4n) is 5.60. The van der Waals surface area contributed by atoms with Crippen molar-refractivity contribution >= 4 is 44.3 Å². The van der Waals surface area contributed by atoms with E-state index in [0.29, 0.717) is 11.4 Å². The lowest BCUT2D eigenvalue weighted by molar-refractivity contribution is -0.244. The van der Waals surface area contributed by atoms with Crippen LogP contribution in [-0.2, 0) is 36.7 Å². The van der Waals surface area contributed by atoms with Gasteiger partial charge in [0.15, 0.2) is 29.9 Å². The van der Waals surface area contributed by atoms with Crippen LogP contribution in [0.5, 0.6) is 0 Å². The molecule has 3 fully saturated rings. The average Bonchev–Trinajstić information content (AvgIpc) is 3.72. The lowest BCUT2D eigenvalue weighted by Gasteiger charge is -2.34. The number of hydrogen-bond donors (Lipinski definition) is 7. The molecule has 0 saturated carbocycles. The van der Waals surface area contributed by atoms with E-state index in [1.807, 2.05) is 0 Å². The molecule has 0 spiro atoms. The van der Waals surface area contributed by atoms with Crippen LogP contribution in [0.15, 0.2) is 24.0 Å². The van der Waals surface area contributed by atoms with Gasteiger partial charge in [-0.1, -0.05) is 6.58 Å². The zero-order valence-corrected chi connectivity index (χ0v) is 24.9. The number of aromatic amines is 1. The van der Waals surface area contributed by atoms with Crippen molar-refractivity contribution in [3.05, 3.63) is 35.3 Å². The molecular weight excluding hydrogens is 662 g/mol. The highest BCUT2D eigenvalue weighted by Crippen LogP contribution is 2.51. The molecule has 25 heteroatoms. The summed E-state index contributed by atoms with van der Waals surface area (Å²) in [6.07, 6.45) is -11.5. The molecule has 4 aliphatic heterocycles. The van der Waals surface area contributed by atoms with Crippen molar-refractivity contribution in [1.29, 1.82) is 0 Å². The number of nitrogens with one attached hydrogen (secondary N) is 3. The van der Waals surface area contributed by atoms with Crippen molar-refractivity contribution in [2.45, 2.75) is 55.4 Å². The fraction of sp³-hybridized carbons (Fsp3) is 0.524. The molecule has 3 saturated heterocycles. The molecule has 0 aliphatic carbocycles. The SMILES string of the molecule is C=C1NC(N)Nc2c1ncn2[C@@H]1O[C@@H]2COP(=O)([O-])O[C@@H]3C(O)[C@H](n4cnc5c(=O)[nH]c(N)nc54)O[C@@H]3COP(=O)([O-])OC2[C@@H]1O. The molecule has 7 rings (SSSR count). The Bertz CT molecular complexity index is 1850. The molecule has 46 heavy (non-hydrogen) atoms. The maximum atomic E-state index is 13.0. The lowest BCUT2D eigenvalue weighted by Crippen LogP contribution is -2.46. The first-order valence-electron chi connectivity index (χ1n) is 13.4. The van der Waals surface area contributed by atoms with Crippen LogP contribution in [0.4, 0.5) is 11.8 Å². The van der Waals surface area contributed by atoms with Crippen LogP contribution >= 0.6 is 15.6 Å². The van der Waals surface area contributed by atoms with E-state index in [-0.39, 0.29) is 22.9 Å². The van der Waals surface area contributed by atoms with E-state index in [1.165, 1.54) is 10.9 Å². The molecule has 0 aromatic carbocycles. The van der Waals surface area contributed by atoms with E-state index in [9.17, 15) is 33.9 Å². The number of fused-ring (bicyclic) bond motifs is 4. The van der Waals surface area contributed by atoms with Gasteiger partial charge in [0.1, 0.15) is 48.1 Å². The number of anilines is 2. The molecule has 7 heterocycles. The van der Waals surface area contributed by atoms with Crippen molar-refractivity contribution in [3.8, 4) is 0 Å². The number of nitrogen functional groups attached to an aromatic ring is 1. The molecule has 3 aromatic heterocycles. The van der Waals surface area contributed by atoms with Crippen molar-refractivity contribution in [2.75, 3.05) is 24.3 Å². The van der Waals surface area contributed by atoms with Crippen LogP contribution in [0, 0.1) is 0 Å². The number of H-pyrrole nitrogens is 1. The maximum absolute atomic E-state index is 13.0. The number of aromatic nitrogens is 6. The van der Waals surface area contributed by atoms with Crippen molar-refractivity contribution in [3.63, 3.8) is 0 Å². The minimum Gasteiger partial charge on any atom is -0.756 e. The van der Waals surface area contributed by atoms with Gasteiger partial charge < -0.3 is 63.9 Å². The Morgan fingerprint density at radius 1 is 0.957 bits per heavy atom. The van der Waals surface area contributed by atoms with Crippen molar-refractivity contribution in [2.24, 2.45) is 5.73 Å². The first kappa shape index (κ1) is 31.3. The molecular formula is C21H26N10O13P2-2. The third-order valence-electron chi connectivity index (χ3n) is 7.61. The highest BCUT2D eigenvalue weighted by Gasteiger charge is 2.52. The topological polar surface area (TPSA) is 334 Å². The molecule has 11 atom stereocenters. The molecule has 23 nitrogen and oxygen atoms in total. The summed E-state index contributed by atoms with van der Waals surface area (Å²) in [5.74, 6) is -0.0215. The van der Waals surface area contributed by atoms with Crippen molar-refractivity contribution in [1.82, 2.24) is 34.4 Å². The van der Waals surface area contributed by atoms with Gasteiger partial charge in [0.25, 0.3) is 21.2 Å². The molecule has 0 radical (unpaired) electrons. The molecule has 4 aliphatic rings. The first-order valence-corrected chi connectivity index (χ1v) is 16.4. The van der Waals surface area contributed by atoms with Gasteiger partial charge in [0.2, 0.25) is 5.95 Å². The standard InChI is InChI=1S/C21H28N10O13P2/c1-6-9-15(27-20(22)26-6)30(4-24-9)18-11(32)13-7(41-18)2-39-46(37,38)44-14-8(3-40-45(35,36)43-13)42-19(12(14)33)31-5-25-10-16(31)28-21(23)29-17(10)34/h4-5,7-8,11-14,18-20,26-27,32-33H,1-3,22H2,(H,35,36)(H,37,38)(H3,23,28,29,34)/p-2/t7-,8-,11+,12?,13?,14+,18-,19-,20?/m1/s1. The Balaban J connectivity index is 1.16. The summed E-state index contributed by atoms with van der Waals surface area (Å²) in [6, 6.07) is 0. The summed E-state index contributed by atoms with van der Waals surface area (Å²) in [5, 5.41) is 28.0. The number of phosphoric ester groups is 2. The van der Waals surface area contributed by atoms with Crippen LogP contribution < -0.4 is 37.4 Å². The van der Waals surface area contributed by atoms with Gasteiger partial charge in [-0.15, -0.1) is 0 Å². The molecule has 9 N–H and O–H groups in total. The lowest BCUT2D eigenvalue weighted by atomic mass is 10.1. The minimum atomic E-state index is -5.32. The number of aliphatic hydroxyl groups is 2. The first-order chi connectivity index (χ1) is 21.7. The summed E-state index contributed by atoms with van der Waals surface area (Å²) in [7, 11) is -10.6. The zero-order chi connectivity index (χ0) is 32.7. The largest absolute Gasteiger partial charge is 0.756 e. The molecule has 0 bridgehead atoms. The summed E-state index contributed by atoms with van der Waals surface area (Å²) in [6.45, 7) is 2.00. The predicted octanol–water partition coefficient (Wildman–Crippen LogP) is -3.90. The second-order valence-corrected chi connectivity index (χ2v) is 13.3. The number of aliphatic hydroxyl groups excluding tert-OH is 2. The number of nitrogens with zero attached hydrogens (tertiary/aromatic N) is 5. The highest BCUT2D eigenvalue weighted by molar-refractivity contribution is 7.46. The number of imidazole rings is 2. The van der Waals surface area contributed by atoms with Crippen LogP contribution in [0.3, 0.4) is 0 Å². The molecule has 250 valence electrons. The number of ether oxygens (including phenoxy) is 2. The third-order valence-corrected chi connectivity index (χ3v) is 9.55. The van der Waals surface area contributed by atoms with Crippen LogP contribution in [0.2, 0.25) is 0 Å². The number of hydrogen-bond acceptors (Lipinski definition) is 20. The van der Waals surface area contributed by atoms with Crippen LogP contribution in [-0.4, -0.2) is 95.4 Å². The Hall–Kier alpha value is -3.28. The molecule has 3 aromatic rings. The van der Waals surface area contributed by atoms with Crippen LogP contribution in [0.25, 0.3) is 16.9 Å². The zero-order valence-electron chi connectivity index (χ0n) is 23.1. The van der Waals surface area contributed by atoms with E-state index < -0.39 is 89.8 Å². The quantitative estimate of drug-likeness (QED) is 0.126. The minimum absolute atomic E-state index is 0.131. The highest BCUT2D eigenvalue weighted by atomic mass is 31.2. The Morgan fingerprint density at radius 2 is 1.52 bits per heavy atom. The van der Waals surface area contributed by atoms with Gasteiger partial charge in [-0.3, -0.25) is 33.8 Å². The monoisotopic (exact) mass is 688 g/mol. The molecule has 5 unspecified atom stereocenters.